The van der Waals surface area contributed by atoms with Crippen molar-refractivity contribution < 1.29 is 4.79 Å². The number of carbonyl (C=O) groups is 1. The summed E-state index contributed by atoms with van der Waals surface area (Å²) in [5.41, 5.74) is 0. The molecule has 0 aromatic heterocycles. The van der Waals surface area contributed by atoms with E-state index in [0.717, 1.165) is 26.1 Å². The van der Waals surface area contributed by atoms with Crippen LogP contribution in [0.15, 0.2) is 0 Å². The fraction of sp³-hybridized carbons (Fsp3) is 0.933. The van der Waals surface area contributed by atoms with Crippen LogP contribution in [-0.4, -0.2) is 49.1 Å². The molecular formula is C15H29N3O. The Balaban J connectivity index is 1.61. The molecule has 19 heavy (non-hydrogen) atoms. The Kier molecular flexibility index (Phi) is 6.11. The summed E-state index contributed by atoms with van der Waals surface area (Å²) in [6, 6.07) is 1.06. The summed E-state index contributed by atoms with van der Waals surface area (Å²) < 4.78 is 0. The van der Waals surface area contributed by atoms with Crippen molar-refractivity contribution in [3.05, 3.63) is 0 Å². The second kappa shape index (κ2) is 7.85. The van der Waals surface area contributed by atoms with Crippen molar-refractivity contribution in [3.8, 4) is 0 Å². The van der Waals surface area contributed by atoms with Gasteiger partial charge in [0.25, 0.3) is 0 Å². The normalized spacial score (nSPS) is 26.2. The molecule has 2 saturated heterocycles. The molecule has 2 aliphatic rings. The lowest BCUT2D eigenvalue weighted by atomic mass is 9.99. The molecule has 1 amide bonds. The van der Waals surface area contributed by atoms with Gasteiger partial charge in [-0.3, -0.25) is 4.79 Å². The number of carbonyl (C=O) groups excluding carboxylic acids is 1. The van der Waals surface area contributed by atoms with Gasteiger partial charge in [0.2, 0.25) is 5.91 Å². The maximum atomic E-state index is 12.0. The first-order chi connectivity index (χ1) is 9.25. The molecule has 0 spiro atoms. The number of rotatable bonds is 5. The van der Waals surface area contributed by atoms with E-state index in [9.17, 15) is 4.79 Å². The predicted molar refractivity (Wildman–Crippen MR) is 78.2 cm³/mol. The minimum atomic E-state index is 0.281. The number of likely N-dealkylation sites (tertiary alicyclic amines) is 1. The molecule has 110 valence electrons. The van der Waals surface area contributed by atoms with Gasteiger partial charge in [-0.2, -0.15) is 0 Å². The quantitative estimate of drug-likeness (QED) is 0.793. The van der Waals surface area contributed by atoms with Gasteiger partial charge in [-0.05, 0) is 52.0 Å². The van der Waals surface area contributed by atoms with Crippen molar-refractivity contribution in [2.75, 3.05) is 26.2 Å². The Labute approximate surface area is 117 Å². The summed E-state index contributed by atoms with van der Waals surface area (Å²) in [6.07, 6.45) is 8.70. The summed E-state index contributed by atoms with van der Waals surface area (Å²) in [7, 11) is 0. The molecule has 0 saturated carbocycles. The predicted octanol–water partition coefficient (Wildman–Crippen LogP) is 1.51. The van der Waals surface area contributed by atoms with Crippen molar-refractivity contribution in [1.82, 2.24) is 15.5 Å². The van der Waals surface area contributed by atoms with Gasteiger partial charge >= 0.3 is 0 Å². The van der Waals surface area contributed by atoms with E-state index in [1.54, 1.807) is 0 Å². The first-order valence-electron chi connectivity index (χ1n) is 8.00. The molecule has 0 aliphatic carbocycles. The first kappa shape index (κ1) is 14.8. The van der Waals surface area contributed by atoms with Gasteiger partial charge < -0.3 is 15.5 Å². The van der Waals surface area contributed by atoms with E-state index >= 15 is 0 Å². The fourth-order valence-corrected chi connectivity index (χ4v) is 3.15. The van der Waals surface area contributed by atoms with Gasteiger partial charge in [0.05, 0.1) is 6.54 Å². The number of piperidine rings is 2. The van der Waals surface area contributed by atoms with E-state index in [-0.39, 0.29) is 5.91 Å². The lowest BCUT2D eigenvalue weighted by Crippen LogP contribution is -2.45. The molecular weight excluding hydrogens is 238 g/mol. The standard InChI is InChI=1S/C15H29N3O/c1-13(11-14-7-3-4-8-16-14)17-12-15(19)18-9-5-2-6-10-18/h13-14,16-17H,2-12H2,1H3. The Bertz CT molecular complexity index is 271. The minimum Gasteiger partial charge on any atom is -0.342 e. The van der Waals surface area contributed by atoms with E-state index in [1.807, 2.05) is 4.90 Å². The lowest BCUT2D eigenvalue weighted by molar-refractivity contribution is -0.131. The van der Waals surface area contributed by atoms with Crippen LogP contribution >= 0.6 is 0 Å². The maximum absolute atomic E-state index is 12.0. The molecule has 0 bridgehead atoms. The third kappa shape index (κ3) is 5.11. The largest absolute Gasteiger partial charge is 0.342 e. The van der Waals surface area contributed by atoms with Crippen LogP contribution < -0.4 is 10.6 Å². The highest BCUT2D eigenvalue weighted by molar-refractivity contribution is 5.78. The summed E-state index contributed by atoms with van der Waals surface area (Å²) in [6.45, 7) is 5.77. The summed E-state index contributed by atoms with van der Waals surface area (Å²) in [5.74, 6) is 0.281. The van der Waals surface area contributed by atoms with E-state index < -0.39 is 0 Å². The molecule has 2 N–H and O–H groups in total. The van der Waals surface area contributed by atoms with E-state index in [0.29, 0.717) is 18.6 Å². The zero-order valence-electron chi connectivity index (χ0n) is 12.3. The monoisotopic (exact) mass is 267 g/mol. The minimum absolute atomic E-state index is 0.281. The zero-order chi connectivity index (χ0) is 13.5. The van der Waals surface area contributed by atoms with Gasteiger partial charge in [-0.25, -0.2) is 0 Å². The second-order valence-corrected chi connectivity index (χ2v) is 6.11. The lowest BCUT2D eigenvalue weighted by Gasteiger charge is -2.29. The summed E-state index contributed by atoms with van der Waals surface area (Å²) in [5, 5.41) is 6.96. The smallest absolute Gasteiger partial charge is 0.236 e. The van der Waals surface area contributed by atoms with Gasteiger partial charge in [0.15, 0.2) is 0 Å². The molecule has 2 atom stereocenters. The highest BCUT2D eigenvalue weighted by atomic mass is 16.2. The summed E-state index contributed by atoms with van der Waals surface area (Å²) in [4.78, 5) is 14.1. The molecule has 4 heteroatoms. The third-order valence-corrected chi connectivity index (χ3v) is 4.36. The molecule has 2 rings (SSSR count). The van der Waals surface area contributed by atoms with Crippen LogP contribution in [0, 0.1) is 0 Å². The number of hydrogen-bond acceptors (Lipinski definition) is 3. The van der Waals surface area contributed by atoms with E-state index in [2.05, 4.69) is 17.6 Å². The second-order valence-electron chi connectivity index (χ2n) is 6.11. The average molecular weight is 267 g/mol. The van der Waals surface area contributed by atoms with Gasteiger partial charge in [0.1, 0.15) is 0 Å². The van der Waals surface area contributed by atoms with Crippen molar-refractivity contribution in [1.29, 1.82) is 0 Å². The topological polar surface area (TPSA) is 44.4 Å². The first-order valence-corrected chi connectivity index (χ1v) is 8.00. The third-order valence-electron chi connectivity index (χ3n) is 4.36. The fourth-order valence-electron chi connectivity index (χ4n) is 3.15. The van der Waals surface area contributed by atoms with Crippen LogP contribution in [0.5, 0.6) is 0 Å². The highest BCUT2D eigenvalue weighted by Crippen LogP contribution is 2.12. The Morgan fingerprint density at radius 2 is 2.05 bits per heavy atom. The average Bonchev–Trinajstić information content (AvgIpc) is 2.47. The Hall–Kier alpha value is -0.610. The Morgan fingerprint density at radius 3 is 2.74 bits per heavy atom. The number of nitrogens with zero attached hydrogens (tertiary/aromatic N) is 1. The molecule has 2 heterocycles. The SMILES string of the molecule is CC(CC1CCCCN1)NCC(=O)N1CCCCC1. The van der Waals surface area contributed by atoms with Crippen molar-refractivity contribution in [3.63, 3.8) is 0 Å². The number of amides is 1. The van der Waals surface area contributed by atoms with Gasteiger partial charge in [-0.15, -0.1) is 0 Å². The van der Waals surface area contributed by atoms with Crippen LogP contribution in [0.3, 0.4) is 0 Å². The van der Waals surface area contributed by atoms with Crippen LogP contribution in [-0.2, 0) is 4.79 Å². The molecule has 4 nitrogen and oxygen atoms in total. The van der Waals surface area contributed by atoms with Gasteiger partial charge in [-0.1, -0.05) is 6.42 Å². The van der Waals surface area contributed by atoms with Crippen molar-refractivity contribution in [2.24, 2.45) is 0 Å². The summed E-state index contributed by atoms with van der Waals surface area (Å²) >= 11 is 0. The van der Waals surface area contributed by atoms with Crippen molar-refractivity contribution in [2.45, 2.75) is 64.0 Å². The van der Waals surface area contributed by atoms with Crippen LogP contribution in [0.25, 0.3) is 0 Å². The zero-order valence-corrected chi connectivity index (χ0v) is 12.3. The molecule has 2 aliphatic heterocycles. The molecule has 0 radical (unpaired) electrons. The molecule has 0 aromatic rings. The highest BCUT2D eigenvalue weighted by Gasteiger charge is 2.19. The number of hydrogen-bond donors (Lipinski definition) is 2. The number of nitrogens with one attached hydrogen (secondary N) is 2. The van der Waals surface area contributed by atoms with Crippen LogP contribution in [0.4, 0.5) is 0 Å². The van der Waals surface area contributed by atoms with Gasteiger partial charge in [0, 0.05) is 25.2 Å². The van der Waals surface area contributed by atoms with Crippen molar-refractivity contribution >= 4 is 5.91 Å². The molecule has 2 fully saturated rings. The maximum Gasteiger partial charge on any atom is 0.236 e. The Morgan fingerprint density at radius 1 is 1.26 bits per heavy atom. The molecule has 0 aromatic carbocycles. The van der Waals surface area contributed by atoms with Crippen LogP contribution in [0.2, 0.25) is 0 Å². The molecule has 2 unspecified atom stereocenters. The van der Waals surface area contributed by atoms with E-state index in [4.69, 9.17) is 0 Å². The van der Waals surface area contributed by atoms with E-state index in [1.165, 1.54) is 38.5 Å². The van der Waals surface area contributed by atoms with Crippen LogP contribution in [0.1, 0.15) is 51.9 Å².